The standard InChI is InChI=1S/C14H14N2O6S/c1-2-22-10(17)7-16-12(18)11(23-14(16)21)15-9-5-3-4-8(6-9)13(19)20/h3-6,11,15H,2,7H2,1H3,(H,19,20)/p-1/t11-/m0/s1. The molecule has 0 unspecified atom stereocenters. The molecule has 1 aromatic rings. The third kappa shape index (κ3) is 4.01. The number of carboxylic acid groups (broad SMARTS) is 1. The molecule has 8 nitrogen and oxygen atoms in total. The highest BCUT2D eigenvalue weighted by Gasteiger charge is 2.40. The van der Waals surface area contributed by atoms with Crippen molar-refractivity contribution in [2.75, 3.05) is 18.5 Å². The lowest BCUT2D eigenvalue weighted by molar-refractivity contribution is -0.255. The lowest BCUT2D eigenvalue weighted by Crippen LogP contribution is -2.38. The van der Waals surface area contributed by atoms with Crippen molar-refractivity contribution in [3.63, 3.8) is 0 Å². The van der Waals surface area contributed by atoms with E-state index in [1.807, 2.05) is 0 Å². The molecule has 0 aromatic heterocycles. The largest absolute Gasteiger partial charge is 0.545 e. The third-order valence-corrected chi connectivity index (χ3v) is 3.90. The van der Waals surface area contributed by atoms with Gasteiger partial charge in [0.2, 0.25) is 0 Å². The molecule has 1 aliphatic heterocycles. The molecule has 2 rings (SSSR count). The van der Waals surface area contributed by atoms with E-state index in [1.165, 1.54) is 18.2 Å². The monoisotopic (exact) mass is 337 g/mol. The summed E-state index contributed by atoms with van der Waals surface area (Å²) < 4.78 is 4.71. The Hall–Kier alpha value is -2.55. The average Bonchev–Trinajstić information content (AvgIpc) is 2.75. The van der Waals surface area contributed by atoms with Gasteiger partial charge in [-0.1, -0.05) is 12.1 Å². The number of nitrogens with one attached hydrogen (secondary N) is 1. The first-order valence-electron chi connectivity index (χ1n) is 6.68. The molecule has 0 saturated carbocycles. The van der Waals surface area contributed by atoms with Gasteiger partial charge in [-0.2, -0.15) is 0 Å². The fourth-order valence-electron chi connectivity index (χ4n) is 1.90. The number of rotatable bonds is 6. The summed E-state index contributed by atoms with van der Waals surface area (Å²) in [6.07, 6.45) is 0. The number of carbonyl (C=O) groups is 4. The quantitative estimate of drug-likeness (QED) is 0.724. The van der Waals surface area contributed by atoms with E-state index in [0.717, 1.165) is 4.90 Å². The van der Waals surface area contributed by atoms with E-state index in [2.05, 4.69) is 5.32 Å². The third-order valence-electron chi connectivity index (χ3n) is 2.92. The Bertz CT molecular complexity index is 662. The molecule has 0 spiro atoms. The second-order valence-electron chi connectivity index (χ2n) is 4.51. The maximum Gasteiger partial charge on any atom is 0.326 e. The van der Waals surface area contributed by atoms with Crippen molar-refractivity contribution in [3.05, 3.63) is 29.8 Å². The van der Waals surface area contributed by atoms with Crippen LogP contribution in [0, 0.1) is 0 Å². The van der Waals surface area contributed by atoms with Gasteiger partial charge in [0.05, 0.1) is 12.6 Å². The Balaban J connectivity index is 2.06. The molecule has 0 bridgehead atoms. The number of ether oxygens (including phenoxy) is 1. The van der Waals surface area contributed by atoms with Gasteiger partial charge < -0.3 is 20.0 Å². The van der Waals surface area contributed by atoms with Crippen molar-refractivity contribution in [1.82, 2.24) is 4.90 Å². The Kier molecular flexibility index (Phi) is 5.22. The van der Waals surface area contributed by atoms with Crippen LogP contribution in [0.15, 0.2) is 24.3 Å². The van der Waals surface area contributed by atoms with Crippen LogP contribution in [0.1, 0.15) is 17.3 Å². The van der Waals surface area contributed by atoms with Gasteiger partial charge in [0.25, 0.3) is 11.1 Å². The second kappa shape index (κ2) is 7.14. The van der Waals surface area contributed by atoms with Crippen molar-refractivity contribution in [3.8, 4) is 0 Å². The van der Waals surface area contributed by atoms with E-state index < -0.39 is 35.0 Å². The normalized spacial score (nSPS) is 17.3. The number of thioether (sulfide) groups is 1. The zero-order valence-corrected chi connectivity index (χ0v) is 12.9. The van der Waals surface area contributed by atoms with Crippen molar-refractivity contribution in [2.24, 2.45) is 0 Å². The van der Waals surface area contributed by atoms with Crippen molar-refractivity contribution >= 4 is 40.5 Å². The number of imide groups is 1. The molecule has 1 N–H and O–H groups in total. The van der Waals surface area contributed by atoms with Crippen LogP contribution in [0.2, 0.25) is 0 Å². The van der Waals surface area contributed by atoms with Crippen molar-refractivity contribution in [1.29, 1.82) is 0 Å². The number of carboxylic acids is 1. The molecule has 122 valence electrons. The summed E-state index contributed by atoms with van der Waals surface area (Å²) in [5.41, 5.74) is 0.295. The first-order chi connectivity index (χ1) is 10.9. The molecule has 23 heavy (non-hydrogen) atoms. The van der Waals surface area contributed by atoms with E-state index >= 15 is 0 Å². The summed E-state index contributed by atoms with van der Waals surface area (Å²) in [6.45, 7) is 1.32. The predicted octanol–water partition coefficient (Wildman–Crippen LogP) is 0.0466. The minimum absolute atomic E-state index is 0.0554. The maximum absolute atomic E-state index is 12.2. The first-order valence-corrected chi connectivity index (χ1v) is 7.56. The van der Waals surface area contributed by atoms with Gasteiger partial charge in [0, 0.05) is 5.69 Å². The van der Waals surface area contributed by atoms with Crippen LogP contribution in [0.5, 0.6) is 0 Å². The zero-order valence-electron chi connectivity index (χ0n) is 12.1. The van der Waals surface area contributed by atoms with Gasteiger partial charge in [0.1, 0.15) is 6.54 Å². The average molecular weight is 337 g/mol. The van der Waals surface area contributed by atoms with Gasteiger partial charge in [-0.25, -0.2) is 0 Å². The number of esters is 1. The Morgan fingerprint density at radius 3 is 2.78 bits per heavy atom. The van der Waals surface area contributed by atoms with Crippen molar-refractivity contribution in [2.45, 2.75) is 12.3 Å². The van der Waals surface area contributed by atoms with E-state index in [9.17, 15) is 24.3 Å². The molecule has 0 aliphatic carbocycles. The number of anilines is 1. The fraction of sp³-hybridized carbons (Fsp3) is 0.286. The number of nitrogens with zero attached hydrogens (tertiary/aromatic N) is 1. The van der Waals surface area contributed by atoms with Crippen LogP contribution >= 0.6 is 11.8 Å². The minimum atomic E-state index is -1.35. The SMILES string of the molecule is CCOC(=O)CN1C(=O)S[C@H](Nc2cccc(C(=O)[O-])c2)C1=O. The number of amides is 2. The number of aromatic carboxylic acids is 1. The molecule has 1 saturated heterocycles. The van der Waals surface area contributed by atoms with E-state index in [0.29, 0.717) is 17.4 Å². The summed E-state index contributed by atoms with van der Waals surface area (Å²) in [6, 6.07) is 5.68. The Morgan fingerprint density at radius 2 is 2.13 bits per heavy atom. The van der Waals surface area contributed by atoms with Crippen LogP contribution in [-0.2, 0) is 14.3 Å². The zero-order chi connectivity index (χ0) is 17.0. The van der Waals surface area contributed by atoms with E-state index in [-0.39, 0.29) is 12.2 Å². The highest BCUT2D eigenvalue weighted by Crippen LogP contribution is 2.28. The summed E-state index contributed by atoms with van der Waals surface area (Å²) in [4.78, 5) is 47.0. The first kappa shape index (κ1) is 16.8. The molecule has 1 atom stereocenters. The molecule has 1 heterocycles. The fourth-order valence-corrected chi connectivity index (χ4v) is 2.81. The van der Waals surface area contributed by atoms with Crippen LogP contribution in [-0.4, -0.2) is 46.5 Å². The second-order valence-corrected chi connectivity index (χ2v) is 5.56. The number of hydrogen-bond donors (Lipinski definition) is 1. The highest BCUT2D eigenvalue weighted by atomic mass is 32.2. The van der Waals surface area contributed by atoms with Crippen molar-refractivity contribution < 1.29 is 29.0 Å². The summed E-state index contributed by atoms with van der Waals surface area (Å²) in [5.74, 6) is -2.61. The minimum Gasteiger partial charge on any atom is -0.545 e. The maximum atomic E-state index is 12.2. The Labute approximate surface area is 135 Å². The highest BCUT2D eigenvalue weighted by molar-refractivity contribution is 8.15. The van der Waals surface area contributed by atoms with E-state index in [4.69, 9.17) is 4.74 Å². The lowest BCUT2D eigenvalue weighted by Gasteiger charge is -2.14. The van der Waals surface area contributed by atoms with Gasteiger partial charge >= 0.3 is 5.97 Å². The van der Waals surface area contributed by atoms with Gasteiger partial charge in [-0.15, -0.1) is 0 Å². The van der Waals surface area contributed by atoms with Crippen LogP contribution in [0.25, 0.3) is 0 Å². The Morgan fingerprint density at radius 1 is 1.39 bits per heavy atom. The molecular formula is C14H13N2O6S-. The molecule has 2 amide bonds. The van der Waals surface area contributed by atoms with Gasteiger partial charge in [0.15, 0.2) is 5.37 Å². The van der Waals surface area contributed by atoms with Crippen LogP contribution in [0.4, 0.5) is 10.5 Å². The smallest absolute Gasteiger partial charge is 0.326 e. The van der Waals surface area contributed by atoms with Gasteiger partial charge in [-0.3, -0.25) is 19.3 Å². The lowest BCUT2D eigenvalue weighted by atomic mass is 10.2. The summed E-state index contributed by atoms with van der Waals surface area (Å²) >= 11 is 0.706. The van der Waals surface area contributed by atoms with Crippen LogP contribution in [0.3, 0.4) is 0 Å². The van der Waals surface area contributed by atoms with Gasteiger partial charge in [-0.05, 0) is 36.4 Å². The molecular weight excluding hydrogens is 324 g/mol. The predicted molar refractivity (Wildman–Crippen MR) is 79.5 cm³/mol. The topological polar surface area (TPSA) is 116 Å². The number of benzene rings is 1. The summed E-state index contributed by atoms with van der Waals surface area (Å²) in [5, 5.41) is 12.1. The number of hydrogen-bond acceptors (Lipinski definition) is 8. The van der Waals surface area contributed by atoms with E-state index in [1.54, 1.807) is 13.0 Å². The molecule has 1 aromatic carbocycles. The summed E-state index contributed by atoms with van der Waals surface area (Å²) in [7, 11) is 0. The molecule has 1 fully saturated rings. The molecule has 0 radical (unpaired) electrons. The number of carbonyl (C=O) groups excluding carboxylic acids is 4. The molecule has 9 heteroatoms. The van der Waals surface area contributed by atoms with Crippen LogP contribution < -0.4 is 10.4 Å². The molecule has 1 aliphatic rings.